The molecule has 0 aliphatic carbocycles. The molecule has 0 spiro atoms. The van der Waals surface area contributed by atoms with Crippen LogP contribution in [0.4, 0.5) is 0 Å². The Bertz CT molecular complexity index is 588. The second-order valence-corrected chi connectivity index (χ2v) is 6.83. The summed E-state index contributed by atoms with van der Waals surface area (Å²) in [6.45, 7) is 2.35. The smallest absolute Gasteiger partial charge is 0.238 e. The molecule has 0 amide bonds. The van der Waals surface area contributed by atoms with Gasteiger partial charge in [-0.15, -0.1) is 0 Å². The van der Waals surface area contributed by atoms with Crippen LogP contribution in [-0.2, 0) is 16.6 Å². The van der Waals surface area contributed by atoms with Crippen LogP contribution in [0, 0.1) is 0 Å². The Morgan fingerprint density at radius 1 is 1.10 bits per heavy atom. The molecule has 7 heteroatoms. The van der Waals surface area contributed by atoms with Gasteiger partial charge < -0.3 is 10.6 Å². The molecule has 0 unspecified atom stereocenters. The summed E-state index contributed by atoms with van der Waals surface area (Å²) in [4.78, 5) is 6.62. The van der Waals surface area contributed by atoms with E-state index in [2.05, 4.69) is 9.89 Å². The quantitative estimate of drug-likeness (QED) is 0.643. The number of hydrogen-bond donors (Lipinski definition) is 2. The minimum Gasteiger partial charge on any atom is -0.370 e. The third-order valence-electron chi connectivity index (χ3n) is 3.61. The van der Waals surface area contributed by atoms with Crippen LogP contribution >= 0.6 is 0 Å². The summed E-state index contributed by atoms with van der Waals surface area (Å²) in [7, 11) is -3.64. The van der Waals surface area contributed by atoms with E-state index in [1.165, 1.54) is 25.0 Å². The fraction of sp³-hybridized carbons (Fsp3) is 0.500. The van der Waals surface area contributed by atoms with Crippen LogP contribution in [0.5, 0.6) is 0 Å². The third-order valence-corrected chi connectivity index (χ3v) is 4.53. The maximum Gasteiger partial charge on any atom is 0.238 e. The summed E-state index contributed by atoms with van der Waals surface area (Å²) in [6.07, 6.45) is 4.80. The number of nitrogens with zero attached hydrogens (tertiary/aromatic N) is 2. The highest BCUT2D eigenvalue weighted by atomic mass is 32.2. The van der Waals surface area contributed by atoms with E-state index in [0.717, 1.165) is 31.5 Å². The number of primary sulfonamides is 1. The molecule has 1 aliphatic heterocycles. The molecule has 1 heterocycles. The monoisotopic (exact) mass is 310 g/mol. The molecule has 21 heavy (non-hydrogen) atoms. The highest BCUT2D eigenvalue weighted by Crippen LogP contribution is 2.11. The SMILES string of the molecule is NC(=NCc1ccc(S(N)(=O)=O)cc1)N1CCCCCC1. The standard InChI is InChI=1S/C14H22N4O2S/c15-14(18-9-3-1-2-4-10-18)17-11-12-5-7-13(8-6-12)21(16,19)20/h5-8H,1-4,9-11H2,(H2,15,17)(H2,16,19,20). The predicted molar refractivity (Wildman–Crippen MR) is 83.2 cm³/mol. The number of likely N-dealkylation sites (tertiary alicyclic amines) is 1. The summed E-state index contributed by atoms with van der Waals surface area (Å²) in [5.74, 6) is 0.562. The number of sulfonamides is 1. The van der Waals surface area contributed by atoms with Gasteiger partial charge in [0.1, 0.15) is 0 Å². The molecule has 0 atom stereocenters. The lowest BCUT2D eigenvalue weighted by Crippen LogP contribution is -2.38. The van der Waals surface area contributed by atoms with Crippen molar-refractivity contribution in [2.24, 2.45) is 15.9 Å². The molecule has 0 aromatic heterocycles. The van der Waals surface area contributed by atoms with Gasteiger partial charge in [0.15, 0.2) is 5.96 Å². The minimum atomic E-state index is -3.64. The molecule has 1 fully saturated rings. The van der Waals surface area contributed by atoms with Crippen molar-refractivity contribution < 1.29 is 8.42 Å². The minimum absolute atomic E-state index is 0.107. The first-order valence-corrected chi connectivity index (χ1v) is 8.68. The number of guanidine groups is 1. The molecule has 116 valence electrons. The van der Waals surface area contributed by atoms with Gasteiger partial charge in [-0.25, -0.2) is 18.5 Å². The van der Waals surface area contributed by atoms with Crippen LogP contribution < -0.4 is 10.9 Å². The first kappa shape index (κ1) is 15.8. The largest absolute Gasteiger partial charge is 0.370 e. The molecule has 2 rings (SSSR count). The van der Waals surface area contributed by atoms with Crippen molar-refractivity contribution in [3.05, 3.63) is 29.8 Å². The Labute approximate surface area is 125 Å². The van der Waals surface area contributed by atoms with Gasteiger partial charge in [0.25, 0.3) is 0 Å². The van der Waals surface area contributed by atoms with E-state index < -0.39 is 10.0 Å². The molecule has 1 aromatic carbocycles. The van der Waals surface area contributed by atoms with Gasteiger partial charge >= 0.3 is 0 Å². The van der Waals surface area contributed by atoms with E-state index in [9.17, 15) is 8.42 Å². The van der Waals surface area contributed by atoms with Crippen molar-refractivity contribution >= 4 is 16.0 Å². The van der Waals surface area contributed by atoms with Crippen LogP contribution in [0.15, 0.2) is 34.2 Å². The number of rotatable bonds is 3. The highest BCUT2D eigenvalue weighted by Gasteiger charge is 2.11. The van der Waals surface area contributed by atoms with Crippen molar-refractivity contribution in [1.29, 1.82) is 0 Å². The predicted octanol–water partition coefficient (Wildman–Crippen LogP) is 1.02. The van der Waals surface area contributed by atoms with Crippen molar-refractivity contribution in [3.63, 3.8) is 0 Å². The summed E-state index contributed by atoms with van der Waals surface area (Å²) in [5.41, 5.74) is 6.93. The molecular weight excluding hydrogens is 288 g/mol. The van der Waals surface area contributed by atoms with Gasteiger partial charge in [-0.2, -0.15) is 0 Å². The summed E-state index contributed by atoms with van der Waals surface area (Å²) in [6, 6.07) is 6.39. The highest BCUT2D eigenvalue weighted by molar-refractivity contribution is 7.89. The molecule has 1 aliphatic rings. The Morgan fingerprint density at radius 2 is 1.67 bits per heavy atom. The number of aliphatic imine (C=N–C) groups is 1. The van der Waals surface area contributed by atoms with E-state index in [0.29, 0.717) is 12.5 Å². The molecule has 1 saturated heterocycles. The van der Waals surface area contributed by atoms with Crippen molar-refractivity contribution in [3.8, 4) is 0 Å². The van der Waals surface area contributed by atoms with Crippen LogP contribution in [0.2, 0.25) is 0 Å². The van der Waals surface area contributed by atoms with E-state index >= 15 is 0 Å². The summed E-state index contributed by atoms with van der Waals surface area (Å²) >= 11 is 0. The third kappa shape index (κ3) is 4.71. The maximum absolute atomic E-state index is 11.2. The Morgan fingerprint density at radius 3 is 2.19 bits per heavy atom. The lowest BCUT2D eigenvalue weighted by Gasteiger charge is -2.21. The van der Waals surface area contributed by atoms with E-state index in [4.69, 9.17) is 10.9 Å². The number of benzene rings is 1. The van der Waals surface area contributed by atoms with Gasteiger partial charge in [-0.3, -0.25) is 0 Å². The average molecular weight is 310 g/mol. The first-order chi connectivity index (χ1) is 9.97. The zero-order valence-electron chi connectivity index (χ0n) is 12.0. The average Bonchev–Trinajstić information content (AvgIpc) is 2.73. The molecule has 0 bridgehead atoms. The van der Waals surface area contributed by atoms with E-state index in [-0.39, 0.29) is 4.90 Å². The zero-order valence-corrected chi connectivity index (χ0v) is 12.8. The Balaban J connectivity index is 1.99. The number of hydrogen-bond acceptors (Lipinski definition) is 3. The number of nitrogens with two attached hydrogens (primary N) is 2. The van der Waals surface area contributed by atoms with Gasteiger partial charge in [0, 0.05) is 13.1 Å². The normalized spacial score (nSPS) is 17.6. The van der Waals surface area contributed by atoms with Gasteiger partial charge in [-0.1, -0.05) is 25.0 Å². The van der Waals surface area contributed by atoms with Crippen LogP contribution in [0.1, 0.15) is 31.2 Å². The topological polar surface area (TPSA) is 102 Å². The van der Waals surface area contributed by atoms with Gasteiger partial charge in [-0.05, 0) is 30.5 Å². The van der Waals surface area contributed by atoms with Crippen molar-refractivity contribution in [2.75, 3.05) is 13.1 Å². The summed E-state index contributed by atoms with van der Waals surface area (Å²) < 4.78 is 22.3. The second kappa shape index (κ2) is 6.91. The van der Waals surface area contributed by atoms with Crippen molar-refractivity contribution in [1.82, 2.24) is 4.90 Å². The summed E-state index contributed by atoms with van der Waals surface area (Å²) in [5, 5.41) is 5.06. The molecule has 6 nitrogen and oxygen atoms in total. The maximum atomic E-state index is 11.2. The molecule has 4 N–H and O–H groups in total. The molecular formula is C14H22N4O2S. The van der Waals surface area contributed by atoms with Crippen LogP contribution in [0.25, 0.3) is 0 Å². The first-order valence-electron chi connectivity index (χ1n) is 7.13. The molecule has 0 radical (unpaired) electrons. The lowest BCUT2D eigenvalue weighted by molar-refractivity contribution is 0.428. The Hall–Kier alpha value is -1.60. The van der Waals surface area contributed by atoms with Crippen LogP contribution in [0.3, 0.4) is 0 Å². The molecule has 0 saturated carbocycles. The fourth-order valence-electron chi connectivity index (χ4n) is 2.36. The van der Waals surface area contributed by atoms with E-state index in [1.54, 1.807) is 12.1 Å². The lowest BCUT2D eigenvalue weighted by atomic mass is 10.2. The van der Waals surface area contributed by atoms with Crippen LogP contribution in [-0.4, -0.2) is 32.4 Å². The zero-order chi connectivity index (χ0) is 15.3. The Kier molecular flexibility index (Phi) is 5.19. The second-order valence-electron chi connectivity index (χ2n) is 5.26. The van der Waals surface area contributed by atoms with Gasteiger partial charge in [0.2, 0.25) is 10.0 Å². The van der Waals surface area contributed by atoms with Crippen molar-refractivity contribution in [2.45, 2.75) is 37.1 Å². The fourth-order valence-corrected chi connectivity index (χ4v) is 2.87. The van der Waals surface area contributed by atoms with Gasteiger partial charge in [0.05, 0.1) is 11.4 Å². The van der Waals surface area contributed by atoms with E-state index in [1.807, 2.05) is 0 Å². The molecule has 1 aromatic rings.